The Bertz CT molecular complexity index is 275. The van der Waals surface area contributed by atoms with Gasteiger partial charge < -0.3 is 4.74 Å². The average molecular weight is 225 g/mol. The average Bonchev–Trinajstić information content (AvgIpc) is 2.65. The minimum atomic E-state index is -0.218. The number of nitrogens with zero attached hydrogens (tertiary/aromatic N) is 1. The van der Waals surface area contributed by atoms with E-state index in [9.17, 15) is 4.79 Å². The highest BCUT2D eigenvalue weighted by Crippen LogP contribution is 2.32. The number of carbonyl (C=O) groups is 1. The summed E-state index contributed by atoms with van der Waals surface area (Å²) in [6.45, 7) is 8.50. The summed E-state index contributed by atoms with van der Waals surface area (Å²) in [7, 11) is 0. The van der Waals surface area contributed by atoms with Gasteiger partial charge in [0.05, 0.1) is 12.7 Å². The summed E-state index contributed by atoms with van der Waals surface area (Å²) in [5.74, 6) is 0.286. The van der Waals surface area contributed by atoms with Crippen LogP contribution >= 0.6 is 0 Å². The van der Waals surface area contributed by atoms with Gasteiger partial charge in [-0.3, -0.25) is 9.69 Å². The number of Topliss-reactive ketones (excluding diaryl/α,β-unsaturated/α-hetero) is 1. The lowest BCUT2D eigenvalue weighted by atomic mass is 9.87. The molecule has 0 bridgehead atoms. The van der Waals surface area contributed by atoms with Crippen LogP contribution in [0.4, 0.5) is 0 Å². The van der Waals surface area contributed by atoms with E-state index in [0.717, 1.165) is 19.7 Å². The first-order chi connectivity index (χ1) is 7.50. The highest BCUT2D eigenvalue weighted by molar-refractivity contribution is 5.81. The molecular formula is C13H23NO2. The SMILES string of the molecule is CC(=O)C(C)(C)CN1CCOC2CCCC21. The zero-order chi connectivity index (χ0) is 11.8. The molecule has 1 aliphatic heterocycles. The van der Waals surface area contributed by atoms with Crippen LogP contribution in [0.2, 0.25) is 0 Å². The van der Waals surface area contributed by atoms with Gasteiger partial charge in [0.15, 0.2) is 0 Å². The van der Waals surface area contributed by atoms with Crippen molar-refractivity contribution in [3.05, 3.63) is 0 Å². The molecule has 0 amide bonds. The van der Waals surface area contributed by atoms with E-state index in [0.29, 0.717) is 12.1 Å². The van der Waals surface area contributed by atoms with Crippen LogP contribution < -0.4 is 0 Å². The van der Waals surface area contributed by atoms with Crippen molar-refractivity contribution in [3.8, 4) is 0 Å². The molecule has 0 N–H and O–H groups in total. The van der Waals surface area contributed by atoms with Crippen LogP contribution in [-0.2, 0) is 9.53 Å². The van der Waals surface area contributed by atoms with Crippen molar-refractivity contribution in [2.24, 2.45) is 5.41 Å². The van der Waals surface area contributed by atoms with Crippen molar-refractivity contribution >= 4 is 5.78 Å². The van der Waals surface area contributed by atoms with E-state index in [2.05, 4.69) is 18.7 Å². The van der Waals surface area contributed by atoms with Crippen LogP contribution in [0.1, 0.15) is 40.0 Å². The van der Waals surface area contributed by atoms with E-state index in [1.165, 1.54) is 19.3 Å². The van der Waals surface area contributed by atoms with Crippen LogP contribution in [-0.4, -0.2) is 42.5 Å². The third-order valence-electron chi connectivity index (χ3n) is 4.15. The summed E-state index contributed by atoms with van der Waals surface area (Å²) in [5, 5.41) is 0. The second-order valence-electron chi connectivity index (χ2n) is 5.82. The van der Waals surface area contributed by atoms with Gasteiger partial charge in [-0.05, 0) is 26.2 Å². The summed E-state index contributed by atoms with van der Waals surface area (Å²) >= 11 is 0. The first-order valence-corrected chi connectivity index (χ1v) is 6.37. The maximum atomic E-state index is 11.6. The quantitative estimate of drug-likeness (QED) is 0.734. The Balaban J connectivity index is 2.01. The molecule has 2 fully saturated rings. The summed E-state index contributed by atoms with van der Waals surface area (Å²) in [6, 6.07) is 0.562. The molecule has 2 aliphatic rings. The van der Waals surface area contributed by atoms with Gasteiger partial charge in [-0.1, -0.05) is 13.8 Å². The summed E-state index contributed by atoms with van der Waals surface area (Å²) < 4.78 is 5.78. The van der Waals surface area contributed by atoms with Crippen molar-refractivity contribution in [3.63, 3.8) is 0 Å². The van der Waals surface area contributed by atoms with E-state index in [1.54, 1.807) is 6.92 Å². The molecule has 1 aliphatic carbocycles. The molecule has 0 aromatic carbocycles. The van der Waals surface area contributed by atoms with Gasteiger partial charge in [-0.2, -0.15) is 0 Å². The molecule has 2 atom stereocenters. The number of hydrogen-bond donors (Lipinski definition) is 0. The smallest absolute Gasteiger partial charge is 0.136 e. The number of hydrogen-bond acceptors (Lipinski definition) is 3. The maximum absolute atomic E-state index is 11.6. The molecule has 0 aromatic heterocycles. The van der Waals surface area contributed by atoms with E-state index >= 15 is 0 Å². The van der Waals surface area contributed by atoms with E-state index in [4.69, 9.17) is 4.74 Å². The molecule has 3 nitrogen and oxygen atoms in total. The normalized spacial score (nSPS) is 31.4. The predicted octanol–water partition coefficient (Wildman–Crippen LogP) is 1.85. The molecule has 1 saturated carbocycles. The van der Waals surface area contributed by atoms with Crippen LogP contribution in [0.25, 0.3) is 0 Å². The zero-order valence-electron chi connectivity index (χ0n) is 10.7. The van der Waals surface area contributed by atoms with Gasteiger partial charge in [0.1, 0.15) is 5.78 Å². The number of rotatable bonds is 3. The Labute approximate surface area is 98.1 Å². The van der Waals surface area contributed by atoms with Crippen LogP contribution in [0.3, 0.4) is 0 Å². The molecule has 0 aromatic rings. The number of carbonyl (C=O) groups excluding carboxylic acids is 1. The second kappa shape index (κ2) is 4.46. The van der Waals surface area contributed by atoms with Crippen LogP contribution in [0.15, 0.2) is 0 Å². The van der Waals surface area contributed by atoms with Crippen molar-refractivity contribution in [2.75, 3.05) is 19.7 Å². The third kappa shape index (κ3) is 2.30. The van der Waals surface area contributed by atoms with Crippen molar-refractivity contribution in [2.45, 2.75) is 52.2 Å². The second-order valence-corrected chi connectivity index (χ2v) is 5.82. The van der Waals surface area contributed by atoms with Crippen molar-refractivity contribution in [1.82, 2.24) is 4.90 Å². The first kappa shape index (κ1) is 12.1. The molecule has 1 saturated heterocycles. The van der Waals surface area contributed by atoms with Crippen molar-refractivity contribution in [1.29, 1.82) is 0 Å². The summed E-state index contributed by atoms with van der Waals surface area (Å²) in [4.78, 5) is 14.0. The zero-order valence-corrected chi connectivity index (χ0v) is 10.7. The molecule has 16 heavy (non-hydrogen) atoms. The molecule has 3 heteroatoms. The Morgan fingerprint density at radius 1 is 1.44 bits per heavy atom. The summed E-state index contributed by atoms with van der Waals surface area (Å²) in [5.41, 5.74) is -0.218. The van der Waals surface area contributed by atoms with Gasteiger partial charge >= 0.3 is 0 Å². The Morgan fingerprint density at radius 2 is 2.19 bits per heavy atom. The monoisotopic (exact) mass is 225 g/mol. The topological polar surface area (TPSA) is 29.5 Å². The van der Waals surface area contributed by atoms with Gasteiger partial charge in [0.25, 0.3) is 0 Å². The highest BCUT2D eigenvalue weighted by atomic mass is 16.5. The number of fused-ring (bicyclic) bond motifs is 1. The van der Waals surface area contributed by atoms with E-state index in [1.807, 2.05) is 0 Å². The molecule has 0 radical (unpaired) electrons. The lowest BCUT2D eigenvalue weighted by Gasteiger charge is -2.41. The standard InChI is InChI=1S/C13H23NO2/c1-10(15)13(2,3)9-14-7-8-16-12-6-4-5-11(12)14/h11-12H,4-9H2,1-3H3. The molecule has 92 valence electrons. The third-order valence-corrected chi connectivity index (χ3v) is 4.15. The molecule has 2 unspecified atom stereocenters. The van der Waals surface area contributed by atoms with Gasteiger partial charge in [0.2, 0.25) is 0 Å². The van der Waals surface area contributed by atoms with Crippen LogP contribution in [0, 0.1) is 5.41 Å². The van der Waals surface area contributed by atoms with Crippen LogP contribution in [0.5, 0.6) is 0 Å². The van der Waals surface area contributed by atoms with Crippen molar-refractivity contribution < 1.29 is 9.53 Å². The fourth-order valence-corrected chi connectivity index (χ4v) is 2.82. The largest absolute Gasteiger partial charge is 0.375 e. The molecule has 1 heterocycles. The lowest BCUT2D eigenvalue weighted by molar-refractivity contribution is -0.128. The highest BCUT2D eigenvalue weighted by Gasteiger charge is 2.39. The predicted molar refractivity (Wildman–Crippen MR) is 63.4 cm³/mol. The van der Waals surface area contributed by atoms with Gasteiger partial charge in [0, 0.05) is 24.5 Å². The van der Waals surface area contributed by atoms with Gasteiger partial charge in [-0.25, -0.2) is 0 Å². The number of ether oxygens (including phenoxy) is 1. The van der Waals surface area contributed by atoms with E-state index < -0.39 is 0 Å². The Hall–Kier alpha value is -0.410. The van der Waals surface area contributed by atoms with E-state index in [-0.39, 0.29) is 11.2 Å². The fraction of sp³-hybridized carbons (Fsp3) is 0.923. The Morgan fingerprint density at radius 3 is 2.88 bits per heavy atom. The number of ketones is 1. The molecule has 2 rings (SSSR count). The number of morpholine rings is 1. The molecule has 0 spiro atoms. The summed E-state index contributed by atoms with van der Waals surface area (Å²) in [6.07, 6.45) is 4.13. The Kier molecular flexibility index (Phi) is 3.36. The minimum Gasteiger partial charge on any atom is -0.375 e. The maximum Gasteiger partial charge on any atom is 0.136 e. The molecular weight excluding hydrogens is 202 g/mol. The fourth-order valence-electron chi connectivity index (χ4n) is 2.82. The van der Waals surface area contributed by atoms with Gasteiger partial charge in [-0.15, -0.1) is 0 Å². The first-order valence-electron chi connectivity index (χ1n) is 6.37. The lowest BCUT2D eigenvalue weighted by Crippen LogP contribution is -2.52. The minimum absolute atomic E-state index is 0.218.